The minimum atomic E-state index is 0.861. The average molecular weight is 766 g/mol. The Kier molecular flexibility index (Phi) is 8.87. The molecule has 0 aliphatic carbocycles. The van der Waals surface area contributed by atoms with Crippen LogP contribution in [0.5, 0.6) is 0 Å². The van der Waals surface area contributed by atoms with Gasteiger partial charge in [0.15, 0.2) is 0 Å². The van der Waals surface area contributed by atoms with E-state index < -0.39 is 0 Å². The number of rotatable bonds is 8. The summed E-state index contributed by atoms with van der Waals surface area (Å²) < 4.78 is 6.44. The molecule has 0 amide bonds. The normalized spacial score (nSPS) is 11.3. The average Bonchev–Trinajstić information content (AvgIpc) is 3.70. The molecular weight excluding hydrogens is 727 g/mol. The van der Waals surface area contributed by atoms with E-state index in [1.165, 1.54) is 55.3 Å². The van der Waals surface area contributed by atoms with Crippen LogP contribution in [0.15, 0.2) is 241 Å². The number of hydrogen-bond donors (Lipinski definition) is 0. The van der Waals surface area contributed by atoms with Crippen LogP contribution >= 0.6 is 0 Å². The molecule has 0 spiro atoms. The predicted molar refractivity (Wildman–Crippen MR) is 253 cm³/mol. The van der Waals surface area contributed by atoms with E-state index in [4.69, 9.17) is 4.42 Å². The van der Waals surface area contributed by atoms with Crippen LogP contribution in [0.4, 0.5) is 17.1 Å². The second-order valence-corrected chi connectivity index (χ2v) is 15.2. The number of hydrogen-bond acceptors (Lipinski definition) is 2. The lowest BCUT2D eigenvalue weighted by molar-refractivity contribution is 0.669. The largest absolute Gasteiger partial charge is 0.456 e. The fourth-order valence-electron chi connectivity index (χ4n) is 8.88. The maximum atomic E-state index is 6.44. The van der Waals surface area contributed by atoms with Crippen molar-refractivity contribution < 1.29 is 4.42 Å². The molecule has 0 aliphatic rings. The van der Waals surface area contributed by atoms with Crippen molar-refractivity contribution in [3.05, 3.63) is 237 Å². The zero-order valence-corrected chi connectivity index (χ0v) is 32.9. The van der Waals surface area contributed by atoms with Gasteiger partial charge in [-0.15, -0.1) is 0 Å². The summed E-state index contributed by atoms with van der Waals surface area (Å²) in [4.78, 5) is 2.33. The fourth-order valence-corrected chi connectivity index (χ4v) is 8.88. The predicted octanol–water partition coefficient (Wildman–Crippen LogP) is 16.5. The fraction of sp³-hybridized carbons (Fsp3) is 0. The first kappa shape index (κ1) is 35.2. The van der Waals surface area contributed by atoms with Crippen LogP contribution in [0.3, 0.4) is 0 Å². The van der Waals surface area contributed by atoms with Crippen molar-refractivity contribution >= 4 is 49.8 Å². The molecule has 0 aliphatic heterocycles. The van der Waals surface area contributed by atoms with Crippen molar-refractivity contribution in [1.29, 1.82) is 0 Å². The highest BCUT2D eigenvalue weighted by molar-refractivity contribution is 6.07. The molecule has 0 fully saturated rings. The molecule has 0 radical (unpaired) electrons. The zero-order valence-electron chi connectivity index (χ0n) is 32.9. The van der Waals surface area contributed by atoms with Crippen LogP contribution < -0.4 is 4.90 Å². The van der Waals surface area contributed by atoms with Crippen molar-refractivity contribution in [2.45, 2.75) is 0 Å². The lowest BCUT2D eigenvalue weighted by atomic mass is 9.87. The zero-order chi connectivity index (χ0) is 39.8. The molecule has 60 heavy (non-hydrogen) atoms. The van der Waals surface area contributed by atoms with E-state index in [0.29, 0.717) is 0 Å². The molecule has 1 heterocycles. The molecular formula is C58H39NO. The molecule has 0 atom stereocenters. The molecule has 2 nitrogen and oxygen atoms in total. The molecule has 0 bridgehead atoms. The summed E-state index contributed by atoms with van der Waals surface area (Å²) in [6.07, 6.45) is 0. The Balaban J connectivity index is 1.05. The first-order valence-electron chi connectivity index (χ1n) is 20.5. The summed E-state index contributed by atoms with van der Waals surface area (Å²) in [7, 11) is 0. The van der Waals surface area contributed by atoms with Gasteiger partial charge in [-0.05, 0) is 109 Å². The summed E-state index contributed by atoms with van der Waals surface area (Å²) in [6, 6.07) is 84.8. The number of nitrogens with zero attached hydrogens (tertiary/aromatic N) is 1. The number of fused-ring (bicyclic) bond motifs is 4. The van der Waals surface area contributed by atoms with Crippen molar-refractivity contribution in [1.82, 2.24) is 0 Å². The smallest absolute Gasteiger partial charge is 0.137 e. The van der Waals surface area contributed by atoms with Crippen molar-refractivity contribution in [2.75, 3.05) is 4.90 Å². The molecule has 10 aromatic carbocycles. The van der Waals surface area contributed by atoms with Gasteiger partial charge in [-0.1, -0.05) is 188 Å². The van der Waals surface area contributed by atoms with Gasteiger partial charge in [0, 0.05) is 33.9 Å². The third kappa shape index (κ3) is 6.32. The van der Waals surface area contributed by atoms with E-state index in [1.807, 2.05) is 12.1 Å². The summed E-state index contributed by atoms with van der Waals surface area (Å²) >= 11 is 0. The lowest BCUT2D eigenvalue weighted by Gasteiger charge is -2.26. The standard InChI is InChI=1S/C58H39NO/c1-4-15-40(16-5-1)50-24-14-25-51(41-17-6-2-7-18-41)58(50)45-29-34-47(35-30-45)59(48-36-38-54-53-23-12-13-26-55(53)60-56(54)39-48)46-32-27-43(28-33-46)52-37-31-42-19-10-11-22-49(42)57(52)44-20-8-3-9-21-44/h1-39H. The lowest BCUT2D eigenvalue weighted by Crippen LogP contribution is -2.09. The minimum Gasteiger partial charge on any atom is -0.456 e. The Bertz CT molecular complexity index is 3220. The van der Waals surface area contributed by atoms with E-state index in [9.17, 15) is 0 Å². The second-order valence-electron chi connectivity index (χ2n) is 15.2. The third-order valence-corrected chi connectivity index (χ3v) is 11.7. The van der Waals surface area contributed by atoms with Gasteiger partial charge in [-0.25, -0.2) is 0 Å². The number of benzene rings is 10. The highest BCUT2D eigenvalue weighted by Crippen LogP contribution is 2.44. The summed E-state index contributed by atoms with van der Waals surface area (Å²) in [5, 5.41) is 4.70. The van der Waals surface area contributed by atoms with Crippen molar-refractivity contribution in [3.63, 3.8) is 0 Å². The van der Waals surface area contributed by atoms with Crippen LogP contribution in [0.1, 0.15) is 0 Å². The highest BCUT2D eigenvalue weighted by atomic mass is 16.3. The van der Waals surface area contributed by atoms with Crippen LogP contribution in [0, 0.1) is 0 Å². The Labute approximate surface area is 349 Å². The quantitative estimate of drug-likeness (QED) is 0.153. The van der Waals surface area contributed by atoms with E-state index >= 15 is 0 Å². The van der Waals surface area contributed by atoms with Gasteiger partial charge in [0.05, 0.1) is 0 Å². The maximum absolute atomic E-state index is 6.44. The van der Waals surface area contributed by atoms with Crippen LogP contribution in [-0.4, -0.2) is 0 Å². The van der Waals surface area contributed by atoms with Crippen molar-refractivity contribution in [2.24, 2.45) is 0 Å². The SMILES string of the molecule is c1ccc(-c2cccc(-c3ccccc3)c2-c2ccc(N(c3ccc(-c4ccc5ccccc5c4-c4ccccc4)cc3)c3ccc4c(c3)oc3ccccc34)cc2)cc1. The van der Waals surface area contributed by atoms with Crippen LogP contribution in [-0.2, 0) is 0 Å². The topological polar surface area (TPSA) is 16.4 Å². The van der Waals surface area contributed by atoms with Gasteiger partial charge in [-0.2, -0.15) is 0 Å². The highest BCUT2D eigenvalue weighted by Gasteiger charge is 2.19. The summed E-state index contributed by atoms with van der Waals surface area (Å²) in [5.41, 5.74) is 16.9. The van der Waals surface area contributed by atoms with Gasteiger partial charge in [0.1, 0.15) is 11.2 Å². The Morgan fingerprint density at radius 1 is 0.267 bits per heavy atom. The Morgan fingerprint density at radius 2 is 0.733 bits per heavy atom. The van der Waals surface area contributed by atoms with E-state index in [2.05, 4.69) is 229 Å². The molecule has 1 aromatic heterocycles. The molecule has 0 unspecified atom stereocenters. The molecule has 0 N–H and O–H groups in total. The van der Waals surface area contributed by atoms with Gasteiger partial charge in [-0.3, -0.25) is 0 Å². The Hall–Kier alpha value is -7.94. The van der Waals surface area contributed by atoms with Gasteiger partial charge >= 0.3 is 0 Å². The maximum Gasteiger partial charge on any atom is 0.137 e. The van der Waals surface area contributed by atoms with E-state index in [0.717, 1.165) is 50.1 Å². The second kappa shape index (κ2) is 15.1. The molecule has 282 valence electrons. The Morgan fingerprint density at radius 3 is 1.38 bits per heavy atom. The van der Waals surface area contributed by atoms with Gasteiger partial charge < -0.3 is 9.32 Å². The van der Waals surface area contributed by atoms with Crippen molar-refractivity contribution in [3.8, 4) is 55.6 Å². The summed E-state index contributed by atoms with van der Waals surface area (Å²) in [6.45, 7) is 0. The first-order chi connectivity index (χ1) is 29.8. The van der Waals surface area contributed by atoms with E-state index in [-0.39, 0.29) is 0 Å². The minimum absolute atomic E-state index is 0.861. The first-order valence-corrected chi connectivity index (χ1v) is 20.5. The number of furan rings is 1. The molecule has 0 saturated heterocycles. The molecule has 11 rings (SSSR count). The molecule has 11 aromatic rings. The monoisotopic (exact) mass is 765 g/mol. The van der Waals surface area contributed by atoms with Gasteiger partial charge in [0.2, 0.25) is 0 Å². The van der Waals surface area contributed by atoms with E-state index in [1.54, 1.807) is 0 Å². The van der Waals surface area contributed by atoms with Gasteiger partial charge in [0.25, 0.3) is 0 Å². The molecule has 2 heteroatoms. The molecule has 0 saturated carbocycles. The number of anilines is 3. The third-order valence-electron chi connectivity index (χ3n) is 11.7. The van der Waals surface area contributed by atoms with Crippen LogP contribution in [0.25, 0.3) is 88.3 Å². The van der Waals surface area contributed by atoms with Crippen LogP contribution in [0.2, 0.25) is 0 Å². The summed E-state index contributed by atoms with van der Waals surface area (Å²) in [5.74, 6) is 0. The number of para-hydroxylation sites is 1.